The summed E-state index contributed by atoms with van der Waals surface area (Å²) < 4.78 is 26.0. The fourth-order valence-electron chi connectivity index (χ4n) is 3.48. The molecule has 0 fully saturated rings. The van der Waals surface area contributed by atoms with Crippen molar-refractivity contribution in [3.63, 3.8) is 0 Å². The Bertz CT molecular complexity index is 1140. The van der Waals surface area contributed by atoms with Gasteiger partial charge in [-0.3, -0.25) is 19.3 Å². The van der Waals surface area contributed by atoms with Crippen LogP contribution in [0.2, 0.25) is 0 Å². The van der Waals surface area contributed by atoms with E-state index in [1.807, 2.05) is 0 Å². The van der Waals surface area contributed by atoms with Gasteiger partial charge in [-0.15, -0.1) is 0 Å². The Morgan fingerprint density at radius 2 is 1.68 bits per heavy atom. The molecule has 8 nitrogen and oxygen atoms in total. The Hall–Kier alpha value is -3.20. The number of hydrogen-bond acceptors (Lipinski definition) is 5. The monoisotopic (exact) mass is 399 g/mol. The zero-order valence-corrected chi connectivity index (χ0v) is 16.0. The highest BCUT2D eigenvalue weighted by atomic mass is 32.2. The van der Waals surface area contributed by atoms with Gasteiger partial charge in [-0.2, -0.15) is 0 Å². The lowest BCUT2D eigenvalue weighted by Crippen LogP contribution is -2.60. The molecule has 28 heavy (non-hydrogen) atoms. The first-order chi connectivity index (χ1) is 13.2. The fourth-order valence-corrected chi connectivity index (χ4v) is 5.00. The average Bonchev–Trinajstić information content (AvgIpc) is 2.83. The standard InChI is InChI=1S/C19H17N3O5S/c1-19(2)18(25)20-13-8-4-5-9-14(13)22(19)16(23)11-21-17(24)12-7-3-6-10-15(12)28(21,26)27/h3-10H,11H2,1-2H3,(H,20,25). The number of benzene rings is 2. The second kappa shape index (κ2) is 5.90. The molecule has 2 heterocycles. The van der Waals surface area contributed by atoms with Crippen molar-refractivity contribution in [1.82, 2.24) is 4.31 Å². The summed E-state index contributed by atoms with van der Waals surface area (Å²) in [6, 6.07) is 12.5. The maximum Gasteiger partial charge on any atom is 0.269 e. The minimum atomic E-state index is -4.12. The van der Waals surface area contributed by atoms with Crippen LogP contribution in [0.4, 0.5) is 11.4 Å². The van der Waals surface area contributed by atoms with Crippen LogP contribution in [0.25, 0.3) is 0 Å². The van der Waals surface area contributed by atoms with E-state index in [9.17, 15) is 22.8 Å². The Labute approximate surface area is 161 Å². The number of rotatable bonds is 2. The summed E-state index contributed by atoms with van der Waals surface area (Å²) in [6.45, 7) is 2.43. The molecule has 0 unspecified atom stereocenters. The minimum Gasteiger partial charge on any atom is -0.322 e. The third-order valence-electron chi connectivity index (χ3n) is 4.95. The maximum absolute atomic E-state index is 13.1. The van der Waals surface area contributed by atoms with Crippen LogP contribution in [0.3, 0.4) is 0 Å². The van der Waals surface area contributed by atoms with Gasteiger partial charge in [0.1, 0.15) is 17.0 Å². The van der Waals surface area contributed by atoms with Crippen molar-refractivity contribution < 1.29 is 22.8 Å². The number of nitrogens with one attached hydrogen (secondary N) is 1. The first-order valence-electron chi connectivity index (χ1n) is 8.55. The Balaban J connectivity index is 1.73. The fraction of sp³-hybridized carbons (Fsp3) is 0.211. The highest BCUT2D eigenvalue weighted by Gasteiger charge is 2.47. The lowest BCUT2D eigenvalue weighted by Gasteiger charge is -2.42. The number of fused-ring (bicyclic) bond motifs is 2. The van der Waals surface area contributed by atoms with Gasteiger partial charge in [0.05, 0.1) is 16.9 Å². The van der Waals surface area contributed by atoms with E-state index >= 15 is 0 Å². The van der Waals surface area contributed by atoms with E-state index < -0.39 is 39.8 Å². The van der Waals surface area contributed by atoms with Gasteiger partial charge in [-0.25, -0.2) is 12.7 Å². The van der Waals surface area contributed by atoms with Crippen molar-refractivity contribution in [2.75, 3.05) is 16.8 Å². The molecule has 1 N–H and O–H groups in total. The van der Waals surface area contributed by atoms with Gasteiger partial charge >= 0.3 is 0 Å². The molecule has 2 aromatic rings. The molecule has 2 aliphatic rings. The van der Waals surface area contributed by atoms with Gasteiger partial charge < -0.3 is 5.32 Å². The SMILES string of the molecule is CC1(C)C(=O)Nc2ccccc2N1C(=O)CN1C(=O)c2ccccc2S1(=O)=O. The number of amides is 3. The van der Waals surface area contributed by atoms with E-state index in [0.717, 1.165) is 0 Å². The number of anilines is 2. The molecule has 3 amide bonds. The van der Waals surface area contributed by atoms with E-state index in [4.69, 9.17) is 0 Å². The van der Waals surface area contributed by atoms with Crippen LogP contribution in [0.15, 0.2) is 53.4 Å². The highest BCUT2D eigenvalue weighted by Crippen LogP contribution is 2.37. The second-order valence-corrected chi connectivity index (χ2v) is 8.90. The number of sulfonamides is 1. The first kappa shape index (κ1) is 18.2. The second-order valence-electron chi connectivity index (χ2n) is 7.07. The number of para-hydroxylation sites is 2. The van der Waals surface area contributed by atoms with Crippen molar-refractivity contribution in [3.8, 4) is 0 Å². The lowest BCUT2D eigenvalue weighted by molar-refractivity contribution is -0.126. The molecule has 0 atom stereocenters. The Kier molecular flexibility index (Phi) is 3.83. The Morgan fingerprint density at radius 1 is 1.04 bits per heavy atom. The molecule has 2 aliphatic heterocycles. The van der Waals surface area contributed by atoms with Crippen LogP contribution >= 0.6 is 0 Å². The summed E-state index contributed by atoms with van der Waals surface area (Å²) in [6.07, 6.45) is 0. The number of carbonyl (C=O) groups excluding carboxylic acids is 3. The first-order valence-corrected chi connectivity index (χ1v) is 9.99. The van der Waals surface area contributed by atoms with Crippen LogP contribution in [0, 0.1) is 0 Å². The van der Waals surface area contributed by atoms with Crippen LogP contribution in [-0.4, -0.2) is 42.5 Å². The number of hydrogen-bond donors (Lipinski definition) is 1. The van der Waals surface area contributed by atoms with E-state index in [2.05, 4.69) is 5.32 Å². The van der Waals surface area contributed by atoms with Crippen LogP contribution in [-0.2, 0) is 19.6 Å². The molecule has 0 bridgehead atoms. The summed E-state index contributed by atoms with van der Waals surface area (Å²) in [5.74, 6) is -1.83. The summed E-state index contributed by atoms with van der Waals surface area (Å²) in [7, 11) is -4.12. The minimum absolute atomic E-state index is 0.0337. The van der Waals surface area contributed by atoms with Crippen LogP contribution in [0.5, 0.6) is 0 Å². The largest absolute Gasteiger partial charge is 0.322 e. The third-order valence-corrected chi connectivity index (χ3v) is 6.74. The van der Waals surface area contributed by atoms with E-state index in [-0.39, 0.29) is 10.5 Å². The van der Waals surface area contributed by atoms with Crippen molar-refractivity contribution in [3.05, 3.63) is 54.1 Å². The summed E-state index contributed by atoms with van der Waals surface area (Å²) in [5, 5.41) is 2.74. The topological polar surface area (TPSA) is 104 Å². The smallest absolute Gasteiger partial charge is 0.269 e. The van der Waals surface area contributed by atoms with Gasteiger partial charge in [0.15, 0.2) is 0 Å². The molecule has 0 saturated carbocycles. The van der Waals surface area contributed by atoms with Crippen LogP contribution < -0.4 is 10.2 Å². The molecule has 9 heteroatoms. The van der Waals surface area contributed by atoms with Crippen molar-refractivity contribution in [2.45, 2.75) is 24.3 Å². The molecule has 144 valence electrons. The van der Waals surface area contributed by atoms with Gasteiger partial charge in [0.2, 0.25) is 11.8 Å². The normalized spacial score (nSPS) is 19.1. The van der Waals surface area contributed by atoms with E-state index in [1.54, 1.807) is 44.2 Å². The zero-order chi connectivity index (χ0) is 20.3. The Morgan fingerprint density at radius 3 is 2.39 bits per heavy atom. The molecule has 4 rings (SSSR count). The molecule has 0 spiro atoms. The van der Waals surface area contributed by atoms with Gasteiger partial charge in [0, 0.05) is 0 Å². The number of nitrogens with zero attached hydrogens (tertiary/aromatic N) is 2. The summed E-state index contributed by atoms with van der Waals surface area (Å²) in [4.78, 5) is 39.4. The predicted molar refractivity (Wildman–Crippen MR) is 101 cm³/mol. The molecule has 0 aliphatic carbocycles. The van der Waals surface area contributed by atoms with Gasteiger partial charge in [-0.1, -0.05) is 24.3 Å². The van der Waals surface area contributed by atoms with Crippen LogP contribution in [0.1, 0.15) is 24.2 Å². The number of carbonyl (C=O) groups is 3. The quantitative estimate of drug-likeness (QED) is 0.826. The molecule has 2 aromatic carbocycles. The summed E-state index contributed by atoms with van der Waals surface area (Å²) in [5.41, 5.74) is -0.339. The third kappa shape index (κ3) is 2.43. The molecular weight excluding hydrogens is 382 g/mol. The van der Waals surface area contributed by atoms with Gasteiger partial charge in [0.25, 0.3) is 15.9 Å². The molecule has 0 radical (unpaired) electrons. The van der Waals surface area contributed by atoms with Crippen molar-refractivity contribution in [2.24, 2.45) is 0 Å². The summed E-state index contributed by atoms with van der Waals surface area (Å²) >= 11 is 0. The van der Waals surface area contributed by atoms with E-state index in [0.29, 0.717) is 15.7 Å². The molecule has 0 saturated heterocycles. The average molecular weight is 399 g/mol. The van der Waals surface area contributed by atoms with E-state index in [1.165, 1.54) is 23.1 Å². The zero-order valence-electron chi connectivity index (χ0n) is 15.2. The maximum atomic E-state index is 13.1. The predicted octanol–water partition coefficient (Wildman–Crippen LogP) is 1.59. The lowest BCUT2D eigenvalue weighted by atomic mass is 9.96. The molecular formula is C19H17N3O5S. The molecule has 0 aromatic heterocycles. The van der Waals surface area contributed by atoms with Crippen molar-refractivity contribution in [1.29, 1.82) is 0 Å². The van der Waals surface area contributed by atoms with Crippen molar-refractivity contribution >= 4 is 39.1 Å². The highest BCUT2D eigenvalue weighted by molar-refractivity contribution is 7.90. The van der Waals surface area contributed by atoms with Gasteiger partial charge in [-0.05, 0) is 38.1 Å².